The molecule has 0 bridgehead atoms. The molecule has 9 heteroatoms. The van der Waals surface area contributed by atoms with Crippen LogP contribution in [0.2, 0.25) is 0 Å². The maximum atomic E-state index is 12.5. The van der Waals surface area contributed by atoms with Crippen molar-refractivity contribution in [2.45, 2.75) is 13.5 Å². The van der Waals surface area contributed by atoms with E-state index in [4.69, 9.17) is 10.5 Å². The number of rotatable bonds is 5. The lowest BCUT2D eigenvalue weighted by atomic mass is 10.1. The minimum Gasteiger partial charge on any atom is -0.447 e. The van der Waals surface area contributed by atoms with Crippen molar-refractivity contribution in [3.8, 4) is 0 Å². The molecule has 3 N–H and O–H groups in total. The van der Waals surface area contributed by atoms with Crippen LogP contribution in [0.1, 0.15) is 21.5 Å². The van der Waals surface area contributed by atoms with E-state index in [-0.39, 0.29) is 23.5 Å². The zero-order chi connectivity index (χ0) is 19.6. The average Bonchev–Trinajstić information content (AvgIpc) is 3.07. The first-order chi connectivity index (χ1) is 12.9. The standard InChI is InChI=1S/C18H18N4O5/c1-11-7-14(16(19)15(8-11)22(25)26)17(23)20-10-12-3-2-4-13(9-12)21-5-6-27-18(21)24/h2-4,7-9H,5-6,10,19H2,1H3,(H,20,23). The number of nitro benzene ring substituents is 1. The van der Waals surface area contributed by atoms with E-state index in [0.29, 0.717) is 24.4 Å². The van der Waals surface area contributed by atoms with Gasteiger partial charge in [0.1, 0.15) is 12.3 Å². The lowest BCUT2D eigenvalue weighted by Gasteiger charge is -2.14. The molecule has 0 saturated carbocycles. The molecule has 1 fully saturated rings. The molecule has 0 spiro atoms. The number of nitro groups is 1. The molecule has 9 nitrogen and oxygen atoms in total. The van der Waals surface area contributed by atoms with Gasteiger partial charge in [-0.25, -0.2) is 4.79 Å². The fourth-order valence-corrected chi connectivity index (χ4v) is 2.86. The maximum absolute atomic E-state index is 12.5. The number of aryl methyl sites for hydroxylation is 1. The predicted molar refractivity (Wildman–Crippen MR) is 98.6 cm³/mol. The Morgan fingerprint density at radius 2 is 2.15 bits per heavy atom. The zero-order valence-corrected chi connectivity index (χ0v) is 14.6. The second kappa shape index (κ2) is 7.32. The molecular formula is C18H18N4O5. The molecule has 2 aromatic carbocycles. The van der Waals surface area contributed by atoms with Gasteiger partial charge in [-0.1, -0.05) is 12.1 Å². The summed E-state index contributed by atoms with van der Waals surface area (Å²) in [7, 11) is 0. The Labute approximate surface area is 154 Å². The van der Waals surface area contributed by atoms with E-state index < -0.39 is 16.9 Å². The summed E-state index contributed by atoms with van der Waals surface area (Å²) in [6.45, 7) is 2.64. The van der Waals surface area contributed by atoms with Gasteiger partial charge in [-0.3, -0.25) is 19.8 Å². The summed E-state index contributed by atoms with van der Waals surface area (Å²) in [5, 5.41) is 13.8. The number of nitrogens with one attached hydrogen (secondary N) is 1. The number of amides is 2. The molecule has 1 aliphatic heterocycles. The van der Waals surface area contributed by atoms with Crippen LogP contribution in [0.5, 0.6) is 0 Å². The normalized spacial score (nSPS) is 13.4. The molecule has 3 rings (SSSR count). The first-order valence-electron chi connectivity index (χ1n) is 8.23. The van der Waals surface area contributed by atoms with Crippen LogP contribution >= 0.6 is 0 Å². The molecule has 0 radical (unpaired) electrons. The van der Waals surface area contributed by atoms with Crippen molar-refractivity contribution in [2.75, 3.05) is 23.8 Å². The number of hydrogen-bond acceptors (Lipinski definition) is 6. The lowest BCUT2D eigenvalue weighted by Crippen LogP contribution is -2.25. The summed E-state index contributed by atoms with van der Waals surface area (Å²) in [6.07, 6.45) is -0.406. The topological polar surface area (TPSA) is 128 Å². The van der Waals surface area contributed by atoms with Crippen molar-refractivity contribution in [1.29, 1.82) is 0 Å². The minimum atomic E-state index is -0.613. The van der Waals surface area contributed by atoms with Crippen molar-refractivity contribution >= 4 is 29.1 Å². The number of anilines is 2. The van der Waals surface area contributed by atoms with Crippen LogP contribution in [0.25, 0.3) is 0 Å². The van der Waals surface area contributed by atoms with Gasteiger partial charge in [0, 0.05) is 18.3 Å². The molecular weight excluding hydrogens is 352 g/mol. The highest BCUT2D eigenvalue weighted by Gasteiger charge is 2.24. The number of carbonyl (C=O) groups is 2. The van der Waals surface area contributed by atoms with Crippen molar-refractivity contribution in [3.63, 3.8) is 0 Å². The third-order valence-corrected chi connectivity index (χ3v) is 4.18. The van der Waals surface area contributed by atoms with Crippen LogP contribution < -0.4 is 16.0 Å². The van der Waals surface area contributed by atoms with Crippen LogP contribution in [0.4, 0.5) is 21.9 Å². The Balaban J connectivity index is 1.75. The van der Waals surface area contributed by atoms with Gasteiger partial charge in [-0.15, -0.1) is 0 Å². The number of benzene rings is 2. The molecule has 0 unspecified atom stereocenters. The van der Waals surface area contributed by atoms with E-state index in [2.05, 4.69) is 5.32 Å². The highest BCUT2D eigenvalue weighted by atomic mass is 16.6. The SMILES string of the molecule is Cc1cc(C(=O)NCc2cccc(N3CCOC3=O)c2)c(N)c([N+](=O)[O-])c1. The van der Waals surface area contributed by atoms with E-state index in [0.717, 1.165) is 5.56 Å². The summed E-state index contributed by atoms with van der Waals surface area (Å²) >= 11 is 0. The Kier molecular flexibility index (Phi) is 4.93. The highest BCUT2D eigenvalue weighted by Crippen LogP contribution is 2.27. The zero-order valence-electron chi connectivity index (χ0n) is 14.6. The van der Waals surface area contributed by atoms with E-state index in [1.807, 2.05) is 0 Å². The highest BCUT2D eigenvalue weighted by molar-refractivity contribution is 6.01. The molecule has 140 valence electrons. The largest absolute Gasteiger partial charge is 0.447 e. The fourth-order valence-electron chi connectivity index (χ4n) is 2.86. The molecule has 2 aromatic rings. The van der Waals surface area contributed by atoms with E-state index in [1.165, 1.54) is 17.0 Å². The summed E-state index contributed by atoms with van der Waals surface area (Å²) in [4.78, 5) is 36.1. The monoisotopic (exact) mass is 370 g/mol. The van der Waals surface area contributed by atoms with Gasteiger partial charge < -0.3 is 15.8 Å². The molecule has 1 heterocycles. The van der Waals surface area contributed by atoms with Crippen LogP contribution in [0.3, 0.4) is 0 Å². The van der Waals surface area contributed by atoms with Crippen LogP contribution in [-0.4, -0.2) is 30.1 Å². The Morgan fingerprint density at radius 3 is 2.81 bits per heavy atom. The van der Waals surface area contributed by atoms with Crippen molar-refractivity contribution < 1.29 is 19.2 Å². The second-order valence-corrected chi connectivity index (χ2v) is 6.12. The Bertz CT molecular complexity index is 928. The number of nitrogen functional groups attached to an aromatic ring is 1. The van der Waals surface area contributed by atoms with Gasteiger partial charge in [-0.05, 0) is 36.2 Å². The predicted octanol–water partition coefficient (Wildman–Crippen LogP) is 2.37. The molecule has 0 atom stereocenters. The number of hydrogen-bond donors (Lipinski definition) is 2. The van der Waals surface area contributed by atoms with Gasteiger partial charge >= 0.3 is 6.09 Å². The second-order valence-electron chi connectivity index (χ2n) is 6.12. The summed E-state index contributed by atoms with van der Waals surface area (Å²) in [6, 6.07) is 9.95. The van der Waals surface area contributed by atoms with E-state index in [9.17, 15) is 19.7 Å². The van der Waals surface area contributed by atoms with Crippen LogP contribution in [0, 0.1) is 17.0 Å². The van der Waals surface area contributed by atoms with E-state index in [1.54, 1.807) is 31.2 Å². The molecule has 0 aliphatic carbocycles. The molecule has 1 saturated heterocycles. The number of ether oxygens (including phenoxy) is 1. The van der Waals surface area contributed by atoms with Crippen molar-refractivity contribution in [3.05, 3.63) is 63.2 Å². The smallest absolute Gasteiger partial charge is 0.414 e. The van der Waals surface area contributed by atoms with Crippen LogP contribution in [0.15, 0.2) is 36.4 Å². The summed E-state index contributed by atoms with van der Waals surface area (Å²) < 4.78 is 4.92. The Hall–Kier alpha value is -3.62. The number of nitrogens with zero attached hydrogens (tertiary/aromatic N) is 2. The molecule has 2 amide bonds. The van der Waals surface area contributed by atoms with Crippen LogP contribution in [-0.2, 0) is 11.3 Å². The quantitative estimate of drug-likeness (QED) is 0.472. The number of nitrogens with two attached hydrogens (primary N) is 1. The number of cyclic esters (lactones) is 1. The Morgan fingerprint density at radius 1 is 1.37 bits per heavy atom. The molecule has 0 aromatic heterocycles. The third-order valence-electron chi connectivity index (χ3n) is 4.18. The van der Waals surface area contributed by atoms with Crippen molar-refractivity contribution in [2.24, 2.45) is 0 Å². The average molecular weight is 370 g/mol. The lowest BCUT2D eigenvalue weighted by molar-refractivity contribution is -0.384. The van der Waals surface area contributed by atoms with Gasteiger partial charge in [0.25, 0.3) is 11.6 Å². The van der Waals surface area contributed by atoms with Gasteiger partial charge in [-0.2, -0.15) is 0 Å². The minimum absolute atomic E-state index is 0.0565. The maximum Gasteiger partial charge on any atom is 0.414 e. The fraction of sp³-hybridized carbons (Fsp3) is 0.222. The first-order valence-corrected chi connectivity index (χ1v) is 8.23. The summed E-state index contributed by atoms with van der Waals surface area (Å²) in [5.74, 6) is -0.509. The van der Waals surface area contributed by atoms with Gasteiger partial charge in [0.2, 0.25) is 0 Å². The van der Waals surface area contributed by atoms with Crippen molar-refractivity contribution in [1.82, 2.24) is 5.32 Å². The van der Waals surface area contributed by atoms with Gasteiger partial charge in [0.05, 0.1) is 17.0 Å². The van der Waals surface area contributed by atoms with E-state index >= 15 is 0 Å². The van der Waals surface area contributed by atoms with Gasteiger partial charge in [0.15, 0.2) is 0 Å². The molecule has 1 aliphatic rings. The first kappa shape index (κ1) is 18.2. The third kappa shape index (κ3) is 3.81. The molecule has 27 heavy (non-hydrogen) atoms. The summed E-state index contributed by atoms with van der Waals surface area (Å²) in [5.41, 5.74) is 7.38. The number of carbonyl (C=O) groups excluding carboxylic acids is 2.